The van der Waals surface area contributed by atoms with Crippen LogP contribution in [0.25, 0.3) is 0 Å². The molecule has 1 atom stereocenters. The number of hydrogen-bond donors (Lipinski definition) is 0. The first-order valence-corrected chi connectivity index (χ1v) is 7.63. The van der Waals surface area contributed by atoms with Gasteiger partial charge in [0, 0.05) is 6.42 Å². The highest BCUT2D eigenvalue weighted by molar-refractivity contribution is 6.22. The summed E-state index contributed by atoms with van der Waals surface area (Å²) in [6.45, 7) is 1.94. The van der Waals surface area contributed by atoms with E-state index in [0.29, 0.717) is 11.1 Å². The summed E-state index contributed by atoms with van der Waals surface area (Å²) in [6.07, 6.45) is 0.222. The Hall–Kier alpha value is -2.95. The van der Waals surface area contributed by atoms with Crippen molar-refractivity contribution in [3.63, 3.8) is 0 Å². The maximum atomic E-state index is 12.6. The summed E-state index contributed by atoms with van der Waals surface area (Å²) in [4.78, 5) is 38.5. The second-order valence-electron chi connectivity index (χ2n) is 5.76. The minimum absolute atomic E-state index is 0.222. The maximum absolute atomic E-state index is 12.6. The molecule has 24 heavy (non-hydrogen) atoms. The normalized spacial score (nSPS) is 14.5. The van der Waals surface area contributed by atoms with E-state index in [1.54, 1.807) is 24.3 Å². The first-order valence-electron chi connectivity index (χ1n) is 7.63. The number of esters is 1. The van der Waals surface area contributed by atoms with Crippen LogP contribution in [0, 0.1) is 6.92 Å². The van der Waals surface area contributed by atoms with Gasteiger partial charge >= 0.3 is 5.97 Å². The highest BCUT2D eigenvalue weighted by Crippen LogP contribution is 2.26. The topological polar surface area (TPSA) is 63.7 Å². The third kappa shape index (κ3) is 2.69. The molecule has 2 aromatic carbocycles. The third-order valence-electron chi connectivity index (χ3n) is 4.12. The van der Waals surface area contributed by atoms with Gasteiger partial charge < -0.3 is 4.74 Å². The van der Waals surface area contributed by atoms with Crippen LogP contribution in [0.3, 0.4) is 0 Å². The Kier molecular flexibility index (Phi) is 4.16. The van der Waals surface area contributed by atoms with Crippen LogP contribution >= 0.6 is 0 Å². The molecule has 1 aliphatic heterocycles. The molecule has 1 heterocycles. The zero-order valence-electron chi connectivity index (χ0n) is 13.5. The van der Waals surface area contributed by atoms with Crippen molar-refractivity contribution in [2.45, 2.75) is 19.4 Å². The van der Waals surface area contributed by atoms with E-state index in [1.165, 1.54) is 7.11 Å². The van der Waals surface area contributed by atoms with Gasteiger partial charge in [-0.2, -0.15) is 0 Å². The van der Waals surface area contributed by atoms with Crippen molar-refractivity contribution in [1.29, 1.82) is 0 Å². The van der Waals surface area contributed by atoms with Gasteiger partial charge in [-0.25, -0.2) is 4.79 Å². The number of amides is 2. The van der Waals surface area contributed by atoms with Crippen LogP contribution < -0.4 is 0 Å². The number of aryl methyl sites for hydroxylation is 1. The molecule has 5 heteroatoms. The molecule has 0 aliphatic carbocycles. The molecule has 2 aromatic rings. The van der Waals surface area contributed by atoms with Crippen molar-refractivity contribution in [3.05, 3.63) is 70.8 Å². The number of nitrogens with zero attached hydrogens (tertiary/aromatic N) is 1. The molecule has 5 nitrogen and oxygen atoms in total. The fraction of sp³-hybridized carbons (Fsp3) is 0.211. The molecule has 0 saturated heterocycles. The highest BCUT2D eigenvalue weighted by atomic mass is 16.5. The number of carbonyl (C=O) groups is 3. The summed E-state index contributed by atoms with van der Waals surface area (Å²) in [5.74, 6) is -1.52. The molecule has 122 valence electrons. The summed E-state index contributed by atoms with van der Waals surface area (Å²) in [5, 5.41) is 0. The smallest absolute Gasteiger partial charge is 0.329 e. The average molecular weight is 323 g/mol. The number of ether oxygens (including phenoxy) is 1. The zero-order valence-corrected chi connectivity index (χ0v) is 13.5. The summed E-state index contributed by atoms with van der Waals surface area (Å²) >= 11 is 0. The quantitative estimate of drug-likeness (QED) is 0.640. The lowest BCUT2D eigenvalue weighted by atomic mass is 10.0. The summed E-state index contributed by atoms with van der Waals surface area (Å²) in [6, 6.07) is 13.2. The molecule has 2 amide bonds. The zero-order chi connectivity index (χ0) is 17.3. The van der Waals surface area contributed by atoms with E-state index in [9.17, 15) is 14.4 Å². The third-order valence-corrected chi connectivity index (χ3v) is 4.12. The second kappa shape index (κ2) is 6.28. The number of methoxy groups -OCH3 is 1. The van der Waals surface area contributed by atoms with E-state index < -0.39 is 23.8 Å². The first-order chi connectivity index (χ1) is 11.5. The van der Waals surface area contributed by atoms with Crippen molar-refractivity contribution in [1.82, 2.24) is 4.90 Å². The molecule has 0 unspecified atom stereocenters. The van der Waals surface area contributed by atoms with Crippen molar-refractivity contribution in [2.24, 2.45) is 0 Å². The van der Waals surface area contributed by atoms with Gasteiger partial charge in [0.2, 0.25) is 0 Å². The van der Waals surface area contributed by atoms with Gasteiger partial charge in [-0.3, -0.25) is 14.5 Å². The standard InChI is InChI=1S/C19H17NO4/c1-12-6-5-7-13(10-12)11-16(19(23)24-2)20-17(21)14-8-3-4-9-15(14)18(20)22/h3-10,16H,11H2,1-2H3/t16-/m0/s1. The fourth-order valence-electron chi connectivity index (χ4n) is 2.97. The number of hydrogen-bond acceptors (Lipinski definition) is 4. The van der Waals surface area contributed by atoms with Gasteiger partial charge in [0.15, 0.2) is 0 Å². The van der Waals surface area contributed by atoms with Crippen molar-refractivity contribution >= 4 is 17.8 Å². The van der Waals surface area contributed by atoms with E-state index in [-0.39, 0.29) is 6.42 Å². The summed E-state index contributed by atoms with van der Waals surface area (Å²) in [7, 11) is 1.25. The van der Waals surface area contributed by atoms with Gasteiger partial charge in [0.05, 0.1) is 18.2 Å². The maximum Gasteiger partial charge on any atom is 0.329 e. The van der Waals surface area contributed by atoms with Gasteiger partial charge in [0.25, 0.3) is 11.8 Å². The van der Waals surface area contributed by atoms with Crippen molar-refractivity contribution < 1.29 is 19.1 Å². The molecular weight excluding hydrogens is 306 g/mol. The van der Waals surface area contributed by atoms with Crippen LogP contribution in [-0.2, 0) is 16.0 Å². The Bertz CT molecular complexity index is 793. The van der Waals surface area contributed by atoms with Crippen LogP contribution in [0.2, 0.25) is 0 Å². The van der Waals surface area contributed by atoms with E-state index in [0.717, 1.165) is 16.0 Å². The first kappa shape index (κ1) is 15.9. The van der Waals surface area contributed by atoms with Crippen LogP contribution in [0.4, 0.5) is 0 Å². The monoisotopic (exact) mass is 323 g/mol. The van der Waals surface area contributed by atoms with Crippen LogP contribution in [0.5, 0.6) is 0 Å². The molecule has 3 rings (SSSR count). The molecular formula is C19H17NO4. The summed E-state index contributed by atoms with van der Waals surface area (Å²) in [5.41, 5.74) is 2.54. The van der Waals surface area contributed by atoms with Gasteiger partial charge in [-0.1, -0.05) is 42.0 Å². The lowest BCUT2D eigenvalue weighted by molar-refractivity contribution is -0.145. The Morgan fingerprint density at radius 3 is 2.21 bits per heavy atom. The van der Waals surface area contributed by atoms with Crippen molar-refractivity contribution in [2.75, 3.05) is 7.11 Å². The Labute approximate surface area is 139 Å². The Morgan fingerprint density at radius 2 is 1.67 bits per heavy atom. The molecule has 0 N–H and O–H groups in total. The van der Waals surface area contributed by atoms with E-state index in [2.05, 4.69) is 0 Å². The number of rotatable bonds is 4. The number of benzene rings is 2. The van der Waals surface area contributed by atoms with Crippen LogP contribution in [-0.4, -0.2) is 35.8 Å². The van der Waals surface area contributed by atoms with E-state index >= 15 is 0 Å². The number of carbonyl (C=O) groups excluding carboxylic acids is 3. The lowest BCUT2D eigenvalue weighted by Crippen LogP contribution is -2.46. The van der Waals surface area contributed by atoms with Gasteiger partial charge in [-0.15, -0.1) is 0 Å². The molecule has 0 saturated carbocycles. The molecule has 0 bridgehead atoms. The molecule has 0 aromatic heterocycles. The van der Waals surface area contributed by atoms with Crippen LogP contribution in [0.1, 0.15) is 31.8 Å². The predicted molar refractivity (Wildman–Crippen MR) is 87.6 cm³/mol. The van der Waals surface area contributed by atoms with Gasteiger partial charge in [-0.05, 0) is 24.6 Å². The summed E-state index contributed by atoms with van der Waals surface area (Å²) < 4.78 is 4.84. The molecule has 0 fully saturated rings. The fourth-order valence-corrected chi connectivity index (χ4v) is 2.97. The largest absolute Gasteiger partial charge is 0.467 e. The minimum Gasteiger partial charge on any atom is -0.467 e. The SMILES string of the molecule is COC(=O)[C@H](Cc1cccc(C)c1)N1C(=O)c2ccccc2C1=O. The highest BCUT2D eigenvalue weighted by Gasteiger charge is 2.43. The Balaban J connectivity index is 1.97. The molecule has 0 radical (unpaired) electrons. The minimum atomic E-state index is -0.982. The van der Waals surface area contributed by atoms with Gasteiger partial charge in [0.1, 0.15) is 6.04 Å². The Morgan fingerprint density at radius 1 is 1.04 bits per heavy atom. The van der Waals surface area contributed by atoms with Crippen molar-refractivity contribution in [3.8, 4) is 0 Å². The van der Waals surface area contributed by atoms with E-state index in [4.69, 9.17) is 4.74 Å². The second-order valence-corrected chi connectivity index (χ2v) is 5.76. The van der Waals surface area contributed by atoms with E-state index in [1.807, 2.05) is 31.2 Å². The molecule has 1 aliphatic rings. The number of fused-ring (bicyclic) bond motifs is 1. The number of imide groups is 1. The average Bonchev–Trinajstić information content (AvgIpc) is 2.84. The lowest BCUT2D eigenvalue weighted by Gasteiger charge is -2.24. The molecule has 0 spiro atoms. The van der Waals surface area contributed by atoms with Crippen LogP contribution in [0.15, 0.2) is 48.5 Å². The predicted octanol–water partition coefficient (Wildman–Crippen LogP) is 2.38.